The summed E-state index contributed by atoms with van der Waals surface area (Å²) in [7, 11) is 0. The number of hydrogen-bond acceptors (Lipinski definition) is 5. The molecule has 1 unspecified atom stereocenters. The second-order valence-electron chi connectivity index (χ2n) is 6.43. The summed E-state index contributed by atoms with van der Waals surface area (Å²) >= 11 is 0. The molecule has 7 nitrogen and oxygen atoms in total. The molecule has 1 aromatic carbocycles. The molecule has 28 heavy (non-hydrogen) atoms. The van der Waals surface area contributed by atoms with Gasteiger partial charge in [0.15, 0.2) is 0 Å². The third kappa shape index (κ3) is 5.57. The molecule has 0 radical (unpaired) electrons. The van der Waals surface area contributed by atoms with Gasteiger partial charge in [0, 0.05) is 18.5 Å². The Morgan fingerprint density at radius 2 is 2.00 bits per heavy atom. The lowest BCUT2D eigenvalue weighted by molar-refractivity contribution is 0.0930. The average molecular weight is 381 g/mol. The highest BCUT2D eigenvalue weighted by atomic mass is 16.5. The number of rotatable bonds is 9. The maximum Gasteiger partial charge on any atom is 0.271 e. The average Bonchev–Trinajstić information content (AvgIpc) is 3.22. The number of amides is 1. The summed E-state index contributed by atoms with van der Waals surface area (Å²) in [4.78, 5) is 24.4. The number of carbonyl (C=O) groups is 1. The van der Waals surface area contributed by atoms with Crippen molar-refractivity contribution in [2.75, 3.05) is 6.61 Å². The van der Waals surface area contributed by atoms with Gasteiger partial charge in [0.1, 0.15) is 23.8 Å². The summed E-state index contributed by atoms with van der Waals surface area (Å²) in [5.41, 5.74) is -0.0803. The molecule has 2 aromatic heterocycles. The van der Waals surface area contributed by atoms with Gasteiger partial charge in [0.05, 0.1) is 12.8 Å². The number of carbonyl (C=O) groups excluding carboxylic acids is 1. The molecule has 3 aromatic rings. The number of aryl methyl sites for hydroxylation is 1. The van der Waals surface area contributed by atoms with E-state index in [2.05, 4.69) is 10.4 Å². The van der Waals surface area contributed by atoms with Crippen LogP contribution in [0.3, 0.4) is 0 Å². The van der Waals surface area contributed by atoms with E-state index < -0.39 is 0 Å². The number of benzene rings is 1. The molecule has 0 fully saturated rings. The van der Waals surface area contributed by atoms with Crippen LogP contribution < -0.4 is 15.6 Å². The largest absolute Gasteiger partial charge is 0.492 e. The molecule has 146 valence electrons. The zero-order chi connectivity index (χ0) is 19.8. The second kappa shape index (κ2) is 9.55. The van der Waals surface area contributed by atoms with Crippen LogP contribution in [0.5, 0.6) is 5.75 Å². The third-order valence-electron chi connectivity index (χ3n) is 4.20. The van der Waals surface area contributed by atoms with Crippen LogP contribution >= 0.6 is 0 Å². The van der Waals surface area contributed by atoms with Crippen molar-refractivity contribution in [1.29, 1.82) is 0 Å². The number of ether oxygens (including phenoxy) is 1. The van der Waals surface area contributed by atoms with E-state index in [1.165, 1.54) is 16.8 Å². The van der Waals surface area contributed by atoms with E-state index in [1.54, 1.807) is 6.26 Å². The van der Waals surface area contributed by atoms with Crippen LogP contribution in [-0.2, 0) is 13.0 Å². The van der Waals surface area contributed by atoms with Gasteiger partial charge >= 0.3 is 0 Å². The van der Waals surface area contributed by atoms with E-state index >= 15 is 0 Å². The van der Waals surface area contributed by atoms with Crippen molar-refractivity contribution in [3.8, 4) is 5.75 Å². The molecule has 0 saturated carbocycles. The van der Waals surface area contributed by atoms with Gasteiger partial charge in [-0.1, -0.05) is 18.2 Å². The molecule has 1 N–H and O–H groups in total. The first-order valence-electron chi connectivity index (χ1n) is 9.21. The fourth-order valence-corrected chi connectivity index (χ4v) is 2.68. The van der Waals surface area contributed by atoms with E-state index in [9.17, 15) is 9.59 Å². The number of para-hydroxylation sites is 1. The molecule has 3 rings (SSSR count). The van der Waals surface area contributed by atoms with E-state index in [-0.39, 0.29) is 36.4 Å². The Morgan fingerprint density at radius 3 is 2.75 bits per heavy atom. The molecule has 0 aliphatic carbocycles. The summed E-state index contributed by atoms with van der Waals surface area (Å²) in [5, 5.41) is 7.06. The van der Waals surface area contributed by atoms with Gasteiger partial charge in [-0.3, -0.25) is 9.59 Å². The van der Waals surface area contributed by atoms with Gasteiger partial charge in [0.2, 0.25) is 0 Å². The minimum atomic E-state index is -0.315. The lowest BCUT2D eigenvalue weighted by atomic mass is 10.1. The Balaban J connectivity index is 1.53. The number of aromatic nitrogens is 2. The standard InChI is InChI=1S/C21H23N3O4/c1-16(9-10-18-8-5-14-27-18)22-21(26)19-11-12-20(25)24(23-19)13-15-28-17-6-3-2-4-7-17/h2-8,11-12,14,16H,9-10,13,15H2,1H3,(H,22,26). The van der Waals surface area contributed by atoms with Gasteiger partial charge in [-0.15, -0.1) is 0 Å². The van der Waals surface area contributed by atoms with Crippen molar-refractivity contribution in [3.05, 3.63) is 82.7 Å². The highest BCUT2D eigenvalue weighted by Crippen LogP contribution is 2.08. The van der Waals surface area contributed by atoms with Crippen molar-refractivity contribution in [3.63, 3.8) is 0 Å². The van der Waals surface area contributed by atoms with Gasteiger partial charge in [-0.2, -0.15) is 5.10 Å². The van der Waals surface area contributed by atoms with Crippen LogP contribution in [0.25, 0.3) is 0 Å². The van der Waals surface area contributed by atoms with Crippen molar-refractivity contribution in [2.24, 2.45) is 0 Å². The molecular formula is C21H23N3O4. The predicted octanol–water partition coefficient (Wildman–Crippen LogP) is 2.67. The van der Waals surface area contributed by atoms with E-state index in [0.717, 1.165) is 24.4 Å². The van der Waals surface area contributed by atoms with E-state index in [0.29, 0.717) is 0 Å². The summed E-state index contributed by atoms with van der Waals surface area (Å²) in [6.45, 7) is 2.45. The quantitative estimate of drug-likeness (QED) is 0.616. The summed E-state index contributed by atoms with van der Waals surface area (Å²) in [6, 6.07) is 15.8. The molecule has 7 heteroatoms. The molecule has 0 spiro atoms. The Kier molecular flexibility index (Phi) is 6.62. The topological polar surface area (TPSA) is 86.4 Å². The first kappa shape index (κ1) is 19.4. The van der Waals surface area contributed by atoms with Gasteiger partial charge < -0.3 is 14.5 Å². The van der Waals surface area contributed by atoms with Crippen LogP contribution in [-0.4, -0.2) is 28.3 Å². The number of nitrogens with one attached hydrogen (secondary N) is 1. The number of furan rings is 1. The summed E-state index contributed by atoms with van der Waals surface area (Å²) < 4.78 is 12.1. The minimum absolute atomic E-state index is 0.0545. The molecule has 0 aliphatic heterocycles. The van der Waals surface area contributed by atoms with Crippen LogP contribution in [0.2, 0.25) is 0 Å². The smallest absolute Gasteiger partial charge is 0.271 e. The zero-order valence-corrected chi connectivity index (χ0v) is 15.7. The van der Waals surface area contributed by atoms with Crippen LogP contribution in [0, 0.1) is 0 Å². The molecule has 0 saturated heterocycles. The fraction of sp³-hybridized carbons (Fsp3) is 0.286. The maximum absolute atomic E-state index is 12.4. The third-order valence-corrected chi connectivity index (χ3v) is 4.20. The van der Waals surface area contributed by atoms with Crippen molar-refractivity contribution < 1.29 is 13.9 Å². The van der Waals surface area contributed by atoms with Gasteiger partial charge in [-0.25, -0.2) is 4.68 Å². The highest BCUT2D eigenvalue weighted by Gasteiger charge is 2.13. The highest BCUT2D eigenvalue weighted by molar-refractivity contribution is 5.92. The molecule has 1 atom stereocenters. The summed E-state index contributed by atoms with van der Waals surface area (Å²) in [6.07, 6.45) is 3.11. The van der Waals surface area contributed by atoms with E-state index in [1.807, 2.05) is 49.4 Å². The molecule has 0 bridgehead atoms. The van der Waals surface area contributed by atoms with Crippen LogP contribution in [0.1, 0.15) is 29.6 Å². The van der Waals surface area contributed by atoms with Gasteiger partial charge in [-0.05, 0) is 43.7 Å². The van der Waals surface area contributed by atoms with Crippen molar-refractivity contribution in [2.45, 2.75) is 32.4 Å². The molecule has 2 heterocycles. The SMILES string of the molecule is CC(CCc1ccco1)NC(=O)c1ccc(=O)n(CCOc2ccccc2)n1. The van der Waals surface area contributed by atoms with E-state index in [4.69, 9.17) is 9.15 Å². The van der Waals surface area contributed by atoms with Crippen molar-refractivity contribution in [1.82, 2.24) is 15.1 Å². The lowest BCUT2D eigenvalue weighted by Gasteiger charge is -2.13. The monoisotopic (exact) mass is 381 g/mol. The first-order chi connectivity index (χ1) is 13.6. The zero-order valence-electron chi connectivity index (χ0n) is 15.7. The fourth-order valence-electron chi connectivity index (χ4n) is 2.68. The summed E-state index contributed by atoms with van der Waals surface area (Å²) in [5.74, 6) is 1.28. The molecule has 0 aliphatic rings. The van der Waals surface area contributed by atoms with Crippen LogP contribution in [0.4, 0.5) is 0 Å². The Morgan fingerprint density at radius 1 is 1.18 bits per heavy atom. The van der Waals surface area contributed by atoms with Crippen LogP contribution in [0.15, 0.2) is 70.1 Å². The Hall–Kier alpha value is -3.35. The normalized spacial score (nSPS) is 11.8. The predicted molar refractivity (Wildman–Crippen MR) is 104 cm³/mol. The maximum atomic E-state index is 12.4. The minimum Gasteiger partial charge on any atom is -0.492 e. The Bertz CT molecular complexity index is 936. The number of nitrogens with zero attached hydrogens (tertiary/aromatic N) is 2. The van der Waals surface area contributed by atoms with Crippen molar-refractivity contribution >= 4 is 5.91 Å². The molecule has 1 amide bonds. The molecular weight excluding hydrogens is 358 g/mol. The van der Waals surface area contributed by atoms with Gasteiger partial charge in [0.25, 0.3) is 11.5 Å². The first-order valence-corrected chi connectivity index (χ1v) is 9.21. The Labute approximate surface area is 162 Å². The number of hydrogen-bond donors (Lipinski definition) is 1. The second-order valence-corrected chi connectivity index (χ2v) is 6.43. The lowest BCUT2D eigenvalue weighted by Crippen LogP contribution is -2.35.